The highest BCUT2D eigenvalue weighted by molar-refractivity contribution is 7.89. The zero-order chi connectivity index (χ0) is 17.3. The highest BCUT2D eigenvalue weighted by Gasteiger charge is 2.39. The molecule has 7 heteroatoms. The third-order valence-electron chi connectivity index (χ3n) is 4.91. The van der Waals surface area contributed by atoms with Gasteiger partial charge < -0.3 is 5.32 Å². The standard InChI is InChI=1S/C17H25N3O3S/c1-12(14-4-5-14)20(15-6-7-15)11-17(21)19-10-13-2-8-16(9-3-13)24(18,22)23/h2-3,8-9,12,14-15H,4-7,10-11H2,1H3,(H,19,21)(H2,18,22,23). The van der Waals surface area contributed by atoms with Gasteiger partial charge in [-0.25, -0.2) is 13.6 Å². The smallest absolute Gasteiger partial charge is 0.238 e. The second kappa shape index (κ2) is 6.82. The molecule has 1 amide bonds. The summed E-state index contributed by atoms with van der Waals surface area (Å²) in [6.07, 6.45) is 4.95. The minimum absolute atomic E-state index is 0.0184. The van der Waals surface area contributed by atoms with Gasteiger partial charge in [0.05, 0.1) is 11.4 Å². The molecule has 2 aliphatic carbocycles. The number of hydrogen-bond acceptors (Lipinski definition) is 4. The van der Waals surface area contributed by atoms with Gasteiger partial charge in [-0.15, -0.1) is 0 Å². The van der Waals surface area contributed by atoms with E-state index in [0.717, 1.165) is 11.5 Å². The molecule has 0 aromatic heterocycles. The van der Waals surface area contributed by atoms with Gasteiger partial charge in [0, 0.05) is 18.6 Å². The van der Waals surface area contributed by atoms with E-state index in [4.69, 9.17) is 5.14 Å². The molecule has 2 fully saturated rings. The molecule has 3 N–H and O–H groups in total. The SMILES string of the molecule is CC(C1CC1)N(CC(=O)NCc1ccc(S(N)(=O)=O)cc1)C1CC1. The highest BCUT2D eigenvalue weighted by Crippen LogP contribution is 2.39. The Bertz CT molecular complexity index is 694. The second-order valence-electron chi connectivity index (χ2n) is 6.95. The van der Waals surface area contributed by atoms with Crippen LogP contribution in [0.15, 0.2) is 29.2 Å². The Morgan fingerprint density at radius 3 is 2.38 bits per heavy atom. The van der Waals surface area contributed by atoms with Crippen LogP contribution in [0.2, 0.25) is 0 Å². The molecule has 0 spiro atoms. The molecule has 0 heterocycles. The minimum atomic E-state index is -3.68. The molecule has 0 bridgehead atoms. The number of nitrogens with zero attached hydrogens (tertiary/aromatic N) is 1. The Kier molecular flexibility index (Phi) is 4.94. The molecular formula is C17H25N3O3S. The van der Waals surface area contributed by atoms with Crippen LogP contribution in [0.25, 0.3) is 0 Å². The quantitative estimate of drug-likeness (QED) is 0.736. The van der Waals surface area contributed by atoms with Crippen LogP contribution in [0.4, 0.5) is 0 Å². The van der Waals surface area contributed by atoms with Crippen LogP contribution in [0.1, 0.15) is 38.2 Å². The van der Waals surface area contributed by atoms with Gasteiger partial charge in [-0.2, -0.15) is 0 Å². The molecule has 3 rings (SSSR count). The predicted octanol–water partition coefficient (Wildman–Crippen LogP) is 1.21. The summed E-state index contributed by atoms with van der Waals surface area (Å²) in [6.45, 7) is 3.06. The van der Waals surface area contributed by atoms with E-state index in [1.807, 2.05) is 0 Å². The molecule has 6 nitrogen and oxygen atoms in total. The molecule has 2 saturated carbocycles. The topological polar surface area (TPSA) is 92.5 Å². The summed E-state index contributed by atoms with van der Waals surface area (Å²) in [5, 5.41) is 8.00. The van der Waals surface area contributed by atoms with Gasteiger partial charge in [0.15, 0.2) is 0 Å². The summed E-state index contributed by atoms with van der Waals surface area (Å²) in [4.78, 5) is 14.7. The van der Waals surface area contributed by atoms with Crippen LogP contribution in [0.3, 0.4) is 0 Å². The van der Waals surface area contributed by atoms with E-state index in [2.05, 4.69) is 17.1 Å². The summed E-state index contributed by atoms with van der Waals surface area (Å²) in [5.41, 5.74) is 0.851. The molecule has 2 aliphatic rings. The van der Waals surface area contributed by atoms with E-state index >= 15 is 0 Å². The Balaban J connectivity index is 1.51. The first-order chi connectivity index (χ1) is 11.3. The summed E-state index contributed by atoms with van der Waals surface area (Å²) in [5.74, 6) is 0.772. The van der Waals surface area contributed by atoms with Crippen molar-refractivity contribution in [3.8, 4) is 0 Å². The lowest BCUT2D eigenvalue weighted by atomic mass is 10.1. The third kappa shape index (κ3) is 4.55. The van der Waals surface area contributed by atoms with Crippen molar-refractivity contribution in [3.63, 3.8) is 0 Å². The maximum absolute atomic E-state index is 12.3. The Morgan fingerprint density at radius 2 is 1.88 bits per heavy atom. The van der Waals surface area contributed by atoms with Crippen molar-refractivity contribution in [2.75, 3.05) is 6.54 Å². The lowest BCUT2D eigenvalue weighted by molar-refractivity contribution is -0.123. The lowest BCUT2D eigenvalue weighted by Crippen LogP contribution is -2.43. The number of hydrogen-bond donors (Lipinski definition) is 2. The first-order valence-corrected chi connectivity index (χ1v) is 10.0. The number of carbonyl (C=O) groups is 1. The van der Waals surface area contributed by atoms with Gasteiger partial charge in [-0.1, -0.05) is 12.1 Å². The van der Waals surface area contributed by atoms with E-state index in [-0.39, 0.29) is 10.8 Å². The number of rotatable bonds is 8. The van der Waals surface area contributed by atoms with Crippen molar-refractivity contribution in [1.82, 2.24) is 10.2 Å². The van der Waals surface area contributed by atoms with Crippen LogP contribution in [0, 0.1) is 5.92 Å². The first kappa shape index (κ1) is 17.4. The largest absolute Gasteiger partial charge is 0.351 e. The Morgan fingerprint density at radius 1 is 1.25 bits per heavy atom. The number of nitrogens with two attached hydrogens (primary N) is 1. The monoisotopic (exact) mass is 351 g/mol. The molecular weight excluding hydrogens is 326 g/mol. The fraction of sp³-hybridized carbons (Fsp3) is 0.588. The van der Waals surface area contributed by atoms with Gasteiger partial charge >= 0.3 is 0 Å². The van der Waals surface area contributed by atoms with Gasteiger partial charge in [0.25, 0.3) is 0 Å². The van der Waals surface area contributed by atoms with Gasteiger partial charge in [0.2, 0.25) is 15.9 Å². The first-order valence-electron chi connectivity index (χ1n) is 8.49. The Labute approximate surface area is 143 Å². The number of benzene rings is 1. The maximum atomic E-state index is 12.3. The highest BCUT2D eigenvalue weighted by atomic mass is 32.2. The molecule has 24 heavy (non-hydrogen) atoms. The number of sulfonamides is 1. The second-order valence-corrected chi connectivity index (χ2v) is 8.51. The van der Waals surface area contributed by atoms with Gasteiger partial charge in [0.1, 0.15) is 0 Å². The molecule has 1 atom stereocenters. The molecule has 0 aliphatic heterocycles. The number of primary sulfonamides is 1. The van der Waals surface area contributed by atoms with Gasteiger partial charge in [-0.05, 0) is 56.2 Å². The van der Waals surface area contributed by atoms with E-state index in [9.17, 15) is 13.2 Å². The summed E-state index contributed by atoms with van der Waals surface area (Å²) in [6, 6.07) is 7.32. The average Bonchev–Trinajstić information content (AvgIpc) is 3.40. The zero-order valence-electron chi connectivity index (χ0n) is 13.9. The van der Waals surface area contributed by atoms with Crippen molar-refractivity contribution < 1.29 is 13.2 Å². The van der Waals surface area contributed by atoms with Crippen molar-refractivity contribution in [3.05, 3.63) is 29.8 Å². The van der Waals surface area contributed by atoms with E-state index in [1.54, 1.807) is 12.1 Å². The predicted molar refractivity (Wildman–Crippen MR) is 91.6 cm³/mol. The fourth-order valence-electron chi connectivity index (χ4n) is 3.08. The number of amides is 1. The van der Waals surface area contributed by atoms with Crippen LogP contribution in [-0.4, -0.2) is 37.9 Å². The average molecular weight is 351 g/mol. The fourth-order valence-corrected chi connectivity index (χ4v) is 3.60. The van der Waals surface area contributed by atoms with E-state index < -0.39 is 10.0 Å². The zero-order valence-corrected chi connectivity index (χ0v) is 14.8. The molecule has 1 aromatic rings. The van der Waals surface area contributed by atoms with Crippen molar-refractivity contribution in [2.45, 2.75) is 56.1 Å². The molecule has 1 aromatic carbocycles. The van der Waals surface area contributed by atoms with E-state index in [0.29, 0.717) is 25.2 Å². The molecule has 132 valence electrons. The summed E-state index contributed by atoms with van der Waals surface area (Å²) < 4.78 is 22.5. The van der Waals surface area contributed by atoms with Gasteiger partial charge in [-0.3, -0.25) is 9.69 Å². The lowest BCUT2D eigenvalue weighted by Gasteiger charge is -2.28. The summed E-state index contributed by atoms with van der Waals surface area (Å²) >= 11 is 0. The Hall–Kier alpha value is -1.44. The van der Waals surface area contributed by atoms with Crippen LogP contribution < -0.4 is 10.5 Å². The molecule has 1 unspecified atom stereocenters. The third-order valence-corrected chi connectivity index (χ3v) is 5.84. The molecule has 0 saturated heterocycles. The number of nitrogens with one attached hydrogen (secondary N) is 1. The van der Waals surface area contributed by atoms with Crippen LogP contribution in [-0.2, 0) is 21.4 Å². The van der Waals surface area contributed by atoms with Crippen LogP contribution in [0.5, 0.6) is 0 Å². The minimum Gasteiger partial charge on any atom is -0.351 e. The van der Waals surface area contributed by atoms with Crippen molar-refractivity contribution >= 4 is 15.9 Å². The number of carbonyl (C=O) groups excluding carboxylic acids is 1. The van der Waals surface area contributed by atoms with Crippen LogP contribution >= 0.6 is 0 Å². The summed E-state index contributed by atoms with van der Waals surface area (Å²) in [7, 11) is -3.68. The van der Waals surface area contributed by atoms with Crippen molar-refractivity contribution in [1.29, 1.82) is 0 Å². The normalized spacial score (nSPS) is 19.3. The maximum Gasteiger partial charge on any atom is 0.238 e. The molecule has 0 radical (unpaired) electrons. The van der Waals surface area contributed by atoms with Crippen molar-refractivity contribution in [2.24, 2.45) is 11.1 Å². The van der Waals surface area contributed by atoms with E-state index in [1.165, 1.54) is 37.8 Å².